The number of hydrogen-bond donors (Lipinski definition) is 5. The summed E-state index contributed by atoms with van der Waals surface area (Å²) in [7, 11) is 0. The first kappa shape index (κ1) is 39.9. The fourth-order valence-electron chi connectivity index (χ4n) is 12.1. The zero-order chi connectivity index (χ0) is 41.2. The van der Waals surface area contributed by atoms with Crippen LogP contribution >= 0.6 is 11.3 Å². The lowest BCUT2D eigenvalue weighted by Gasteiger charge is -2.69. The summed E-state index contributed by atoms with van der Waals surface area (Å²) in [5, 5.41) is 51.1. The third kappa shape index (κ3) is 7.49. The fourth-order valence-corrected chi connectivity index (χ4v) is 13.0. The van der Waals surface area contributed by atoms with Crippen molar-refractivity contribution in [2.75, 3.05) is 49.7 Å². The third-order valence-electron chi connectivity index (χ3n) is 13.4. The highest BCUT2D eigenvalue weighted by Crippen LogP contribution is 2.72. The van der Waals surface area contributed by atoms with Crippen LogP contribution in [0, 0.1) is 36.0 Å². The number of rotatable bonds is 15. The summed E-state index contributed by atoms with van der Waals surface area (Å²) in [4.78, 5) is 24.4. The average Bonchev–Trinajstić information content (AvgIpc) is 3.77. The number of carboxylic acids is 1. The van der Waals surface area contributed by atoms with E-state index in [-0.39, 0.29) is 46.7 Å². The largest absolute Gasteiger partial charge is 0.476 e. The number of para-hydroxylation sites is 1. The second kappa shape index (κ2) is 15.2. The van der Waals surface area contributed by atoms with Crippen LogP contribution in [0.15, 0.2) is 42.6 Å². The Labute approximate surface area is 348 Å². The number of carbonyl (C=O) groups is 1. The molecule has 0 unspecified atom stereocenters. The van der Waals surface area contributed by atoms with Crippen LogP contribution in [0.1, 0.15) is 86.1 Å². The molecule has 15 heteroatoms. The highest BCUT2D eigenvalue weighted by Gasteiger charge is 2.66. The van der Waals surface area contributed by atoms with E-state index in [2.05, 4.69) is 39.4 Å². The van der Waals surface area contributed by atoms with Crippen LogP contribution < -0.4 is 15.5 Å². The van der Waals surface area contributed by atoms with Gasteiger partial charge in [0.2, 0.25) is 0 Å². The molecule has 1 aliphatic heterocycles. The van der Waals surface area contributed by atoms with Crippen molar-refractivity contribution in [1.29, 1.82) is 0 Å². The predicted octanol–water partition coefficient (Wildman–Crippen LogP) is 6.81. The molecular weight excluding hydrogens is 767 g/mol. The summed E-state index contributed by atoms with van der Waals surface area (Å²) in [5.41, 5.74) is 5.32. The number of aliphatic hydroxyl groups is 2. The van der Waals surface area contributed by atoms with E-state index in [1.165, 1.54) is 6.42 Å². The Morgan fingerprint density at radius 2 is 1.75 bits per heavy atom. The molecule has 1 aromatic carbocycles. The van der Waals surface area contributed by atoms with Gasteiger partial charge in [-0.25, -0.2) is 14.8 Å². The maximum atomic E-state index is 12.9. The molecule has 59 heavy (non-hydrogen) atoms. The Hall–Kier alpha value is -4.54. The summed E-state index contributed by atoms with van der Waals surface area (Å²) in [6, 6.07) is 11.8. The van der Waals surface area contributed by atoms with Crippen molar-refractivity contribution in [3.05, 3.63) is 65.1 Å². The zero-order valence-corrected chi connectivity index (χ0v) is 35.2. The minimum atomic E-state index is -1.09. The number of anilines is 4. The van der Waals surface area contributed by atoms with Gasteiger partial charge in [0.05, 0.1) is 28.6 Å². The monoisotopic (exact) mass is 821 g/mol. The first-order valence-electron chi connectivity index (χ1n) is 20.9. The van der Waals surface area contributed by atoms with Crippen molar-refractivity contribution in [1.82, 2.24) is 35.3 Å². The molecule has 0 saturated heterocycles. The van der Waals surface area contributed by atoms with E-state index in [4.69, 9.17) is 19.8 Å². The molecule has 4 atom stereocenters. The lowest BCUT2D eigenvalue weighted by molar-refractivity contribution is -0.247. The molecule has 0 amide bonds. The van der Waals surface area contributed by atoms with Crippen molar-refractivity contribution in [2.45, 2.75) is 91.2 Å². The van der Waals surface area contributed by atoms with Gasteiger partial charge in [-0.1, -0.05) is 37.3 Å². The van der Waals surface area contributed by atoms with Crippen LogP contribution in [-0.2, 0) is 17.7 Å². The number of aromatic nitrogens is 6. The van der Waals surface area contributed by atoms with Crippen molar-refractivity contribution in [2.24, 2.45) is 22.2 Å². The first-order chi connectivity index (χ1) is 28.3. The molecule has 5 aliphatic rings. The van der Waals surface area contributed by atoms with Crippen molar-refractivity contribution >= 4 is 50.1 Å². The van der Waals surface area contributed by atoms with E-state index in [9.17, 15) is 20.1 Å². The van der Waals surface area contributed by atoms with E-state index >= 15 is 0 Å². The van der Waals surface area contributed by atoms with Crippen molar-refractivity contribution in [3.63, 3.8) is 0 Å². The van der Waals surface area contributed by atoms with Crippen LogP contribution in [0.5, 0.6) is 0 Å². The number of benzene rings is 1. The smallest absolute Gasteiger partial charge is 0.355 e. The minimum Gasteiger partial charge on any atom is -0.476 e. The lowest BCUT2D eigenvalue weighted by Crippen LogP contribution is -2.64. The summed E-state index contributed by atoms with van der Waals surface area (Å²) in [6.07, 6.45) is 9.95. The van der Waals surface area contributed by atoms with Gasteiger partial charge in [-0.2, -0.15) is 5.10 Å². The SMILES string of the molecule is Cc1c(Nc2nc3ccccc3s2)nnc2c1CCCN2c1ccc(-c2cnn(C[C@]34C[C@]5(C)C[C@](C)(C3)C[C@@](OCCNCC(CO)CO)(C5)C4)c2C)c(C(=O)O)n1. The molecule has 4 fully saturated rings. The number of thiazole rings is 1. The Kier molecular flexibility index (Phi) is 10.3. The highest BCUT2D eigenvalue weighted by molar-refractivity contribution is 7.22. The summed E-state index contributed by atoms with van der Waals surface area (Å²) in [6.45, 7) is 12.0. The quantitative estimate of drug-likeness (QED) is 0.0695. The predicted molar refractivity (Wildman–Crippen MR) is 228 cm³/mol. The van der Waals surface area contributed by atoms with Gasteiger partial charge in [0.25, 0.3) is 0 Å². The minimum absolute atomic E-state index is 0.000923. The van der Waals surface area contributed by atoms with Gasteiger partial charge in [-0.3, -0.25) is 4.68 Å². The number of aromatic carboxylic acids is 1. The molecule has 10 rings (SSSR count). The number of hydrogen-bond acceptors (Lipinski definition) is 13. The zero-order valence-electron chi connectivity index (χ0n) is 34.4. The third-order valence-corrected chi connectivity index (χ3v) is 14.4. The number of ether oxygens (including phenoxy) is 1. The van der Waals surface area contributed by atoms with Gasteiger partial charge in [-0.05, 0) is 106 Å². The molecular formula is C44H55N9O5S. The topological polar surface area (TPSA) is 184 Å². The second-order valence-electron chi connectivity index (χ2n) is 18.7. The molecule has 14 nitrogen and oxygen atoms in total. The summed E-state index contributed by atoms with van der Waals surface area (Å²) >= 11 is 1.57. The van der Waals surface area contributed by atoms with E-state index in [1.807, 2.05) is 55.1 Å². The van der Waals surface area contributed by atoms with Crippen LogP contribution in [0.25, 0.3) is 21.3 Å². The molecule has 4 saturated carbocycles. The Balaban J connectivity index is 0.945. The molecule has 0 radical (unpaired) electrons. The number of nitrogens with one attached hydrogen (secondary N) is 2. The van der Waals surface area contributed by atoms with Gasteiger partial charge in [0.1, 0.15) is 5.82 Å². The molecule has 5 heterocycles. The van der Waals surface area contributed by atoms with Gasteiger partial charge in [0.15, 0.2) is 22.5 Å². The van der Waals surface area contributed by atoms with Gasteiger partial charge < -0.3 is 35.6 Å². The Morgan fingerprint density at radius 1 is 0.966 bits per heavy atom. The van der Waals surface area contributed by atoms with E-state index in [1.54, 1.807) is 17.5 Å². The van der Waals surface area contributed by atoms with Gasteiger partial charge in [-0.15, -0.1) is 10.2 Å². The lowest BCUT2D eigenvalue weighted by atomic mass is 9.39. The normalized spacial score (nSPS) is 25.9. The molecule has 5 aromatic rings. The molecule has 4 aromatic heterocycles. The summed E-state index contributed by atoms with van der Waals surface area (Å²) in [5.74, 6) is 0.611. The number of fused-ring (bicyclic) bond motifs is 2. The Bertz CT molecular complexity index is 2340. The first-order valence-corrected chi connectivity index (χ1v) is 21.7. The van der Waals surface area contributed by atoms with Crippen LogP contribution in [0.2, 0.25) is 0 Å². The molecule has 4 aliphatic carbocycles. The molecule has 5 N–H and O–H groups in total. The number of aliphatic hydroxyl groups excluding tert-OH is 2. The van der Waals surface area contributed by atoms with Gasteiger partial charge in [0, 0.05) is 73.3 Å². The van der Waals surface area contributed by atoms with Crippen molar-refractivity contribution < 1.29 is 24.9 Å². The molecule has 312 valence electrons. The molecule has 4 bridgehead atoms. The van der Waals surface area contributed by atoms with Crippen LogP contribution in [0.4, 0.5) is 22.6 Å². The van der Waals surface area contributed by atoms with E-state index in [0.29, 0.717) is 49.3 Å². The van der Waals surface area contributed by atoms with Gasteiger partial charge >= 0.3 is 5.97 Å². The average molecular weight is 822 g/mol. The highest BCUT2D eigenvalue weighted by atomic mass is 32.1. The standard InChI is InChI=1S/C44H55N9O5S/c1-27-30-8-7-14-52(38(30)51-50-37(27)49-40-47-33-9-5-6-10-34(33)59-40)35-12-11-31(36(48-35)39(56)57)32-17-46-53(28(32)2)26-43-21-41(3)20-42(4,22-43)24-44(23-41,25-43)58-15-13-45-16-29(18-54)19-55/h5-6,9-12,17,29,45,54-55H,7-8,13-16,18-26H2,1-4H3,(H,56,57)(H,47,49,50)/t41-,42+,43+,44-. The maximum Gasteiger partial charge on any atom is 0.355 e. The number of pyridine rings is 1. The molecule has 0 spiro atoms. The maximum absolute atomic E-state index is 12.9. The van der Waals surface area contributed by atoms with Crippen molar-refractivity contribution in [3.8, 4) is 11.1 Å². The summed E-state index contributed by atoms with van der Waals surface area (Å²) < 4.78 is 10.0. The fraction of sp³-hybridized carbons (Fsp3) is 0.545. The van der Waals surface area contributed by atoms with Crippen LogP contribution in [0.3, 0.4) is 0 Å². The van der Waals surface area contributed by atoms with E-state index in [0.717, 1.165) is 89.2 Å². The second-order valence-corrected chi connectivity index (χ2v) is 19.7. The number of carboxylic acid groups (broad SMARTS) is 1. The Morgan fingerprint density at radius 3 is 2.49 bits per heavy atom. The number of nitrogens with zero attached hydrogens (tertiary/aromatic N) is 7. The van der Waals surface area contributed by atoms with Crippen LogP contribution in [-0.4, -0.2) is 96.3 Å². The van der Waals surface area contributed by atoms with E-state index < -0.39 is 5.97 Å².